The molecular weight excluding hydrogens is 502 g/mol. The Kier molecular flexibility index (Phi) is 9.20. The smallest absolute Gasteiger partial charge is 0.165 e. The van der Waals surface area contributed by atoms with Gasteiger partial charge in [-0.3, -0.25) is 0 Å². The molecule has 0 radical (unpaired) electrons. The molecule has 3 aromatic carbocycles. The average molecular weight is 534 g/mol. The third-order valence-corrected chi connectivity index (χ3v) is 7.56. The van der Waals surface area contributed by atoms with E-state index in [0.29, 0.717) is 18.1 Å². The van der Waals surface area contributed by atoms with Gasteiger partial charge in [0.05, 0.1) is 29.3 Å². The first-order valence-electron chi connectivity index (χ1n) is 12.2. The highest BCUT2D eigenvalue weighted by Crippen LogP contribution is 2.32. The zero-order valence-electron chi connectivity index (χ0n) is 21.3. The minimum Gasteiger partial charge on any atom is -0.508 e. The number of ether oxygens (including phenoxy) is 1. The van der Waals surface area contributed by atoms with Crippen LogP contribution in [0.1, 0.15) is 23.1 Å². The number of rotatable bonds is 8. The van der Waals surface area contributed by atoms with Crippen LogP contribution >= 0.6 is 23.4 Å². The number of amidine groups is 1. The van der Waals surface area contributed by atoms with Crippen molar-refractivity contribution in [1.82, 2.24) is 4.90 Å². The van der Waals surface area contributed by atoms with Gasteiger partial charge in [-0.15, -0.1) is 0 Å². The van der Waals surface area contributed by atoms with Crippen molar-refractivity contribution in [3.05, 3.63) is 112 Å². The molecular formula is C30H32ClN3O2S. The van der Waals surface area contributed by atoms with Gasteiger partial charge in [0.25, 0.3) is 0 Å². The molecule has 0 aromatic heterocycles. The maximum absolute atomic E-state index is 9.81. The minimum atomic E-state index is 0.176. The Bertz CT molecular complexity index is 1240. The first-order valence-corrected chi connectivity index (χ1v) is 13.4. The van der Waals surface area contributed by atoms with Crippen molar-refractivity contribution >= 4 is 39.9 Å². The van der Waals surface area contributed by atoms with Crippen LogP contribution in [0.15, 0.2) is 95.7 Å². The fourth-order valence-electron chi connectivity index (χ4n) is 3.97. The number of aromatic hydroxyl groups is 1. The number of methoxy groups -OCH3 is 1. The Morgan fingerprint density at radius 2 is 1.76 bits per heavy atom. The van der Waals surface area contributed by atoms with Gasteiger partial charge in [-0.25, -0.2) is 4.99 Å². The summed E-state index contributed by atoms with van der Waals surface area (Å²) in [4.78, 5) is 7.43. The van der Waals surface area contributed by atoms with Crippen molar-refractivity contribution in [2.24, 2.45) is 4.99 Å². The van der Waals surface area contributed by atoms with Crippen LogP contribution in [0, 0.1) is 6.92 Å². The minimum absolute atomic E-state index is 0.176. The molecule has 0 amide bonds. The summed E-state index contributed by atoms with van der Waals surface area (Å²) in [5.74, 6) is 1.20. The molecule has 0 fully saturated rings. The number of phenolic OH excluding ortho intramolecular Hbond substituents is 1. The summed E-state index contributed by atoms with van der Waals surface area (Å²) in [7, 11) is 3.56. The quantitative estimate of drug-likeness (QED) is 0.230. The lowest BCUT2D eigenvalue weighted by Gasteiger charge is -2.29. The van der Waals surface area contributed by atoms with E-state index in [9.17, 15) is 5.11 Å². The predicted molar refractivity (Wildman–Crippen MR) is 157 cm³/mol. The molecule has 1 aliphatic carbocycles. The van der Waals surface area contributed by atoms with E-state index in [1.54, 1.807) is 31.0 Å². The van der Waals surface area contributed by atoms with Gasteiger partial charge < -0.3 is 20.1 Å². The summed E-state index contributed by atoms with van der Waals surface area (Å²) >= 11 is 8.06. The molecule has 192 valence electrons. The predicted octanol–water partition coefficient (Wildman–Crippen LogP) is 7.68. The molecule has 0 aliphatic heterocycles. The lowest BCUT2D eigenvalue weighted by Crippen LogP contribution is -2.29. The number of phenols is 1. The van der Waals surface area contributed by atoms with E-state index in [4.69, 9.17) is 21.3 Å². The van der Waals surface area contributed by atoms with E-state index in [2.05, 4.69) is 47.5 Å². The highest BCUT2D eigenvalue weighted by Gasteiger charge is 2.21. The Labute approximate surface area is 228 Å². The molecule has 1 atom stereocenters. The van der Waals surface area contributed by atoms with E-state index < -0.39 is 0 Å². The lowest BCUT2D eigenvalue weighted by atomic mass is 10.1. The highest BCUT2D eigenvalue weighted by molar-refractivity contribution is 8.14. The van der Waals surface area contributed by atoms with Crippen LogP contribution in [0.2, 0.25) is 5.02 Å². The maximum atomic E-state index is 9.81. The van der Waals surface area contributed by atoms with Crippen LogP contribution in [0.4, 0.5) is 11.4 Å². The van der Waals surface area contributed by atoms with Crippen molar-refractivity contribution in [1.29, 1.82) is 0 Å². The van der Waals surface area contributed by atoms with Crippen LogP contribution in [0.5, 0.6) is 5.75 Å². The Morgan fingerprint density at radius 1 is 1.08 bits per heavy atom. The molecule has 0 saturated carbocycles. The number of hydrogen-bond donors (Lipinski definition) is 2. The van der Waals surface area contributed by atoms with E-state index in [1.165, 1.54) is 11.1 Å². The average Bonchev–Trinajstić information content (AvgIpc) is 2.91. The normalized spacial score (nSPS) is 15.3. The monoisotopic (exact) mass is 533 g/mol. The highest BCUT2D eigenvalue weighted by atomic mass is 35.5. The number of nitrogens with one attached hydrogen (secondary N) is 1. The molecule has 1 aliphatic rings. The molecule has 4 rings (SSSR count). The topological polar surface area (TPSA) is 57.1 Å². The first kappa shape index (κ1) is 26.7. The van der Waals surface area contributed by atoms with Gasteiger partial charge in [0, 0.05) is 31.8 Å². The van der Waals surface area contributed by atoms with Gasteiger partial charge in [-0.2, -0.15) is 0 Å². The van der Waals surface area contributed by atoms with Gasteiger partial charge in [0.1, 0.15) is 5.75 Å². The van der Waals surface area contributed by atoms with Crippen molar-refractivity contribution in [2.45, 2.75) is 31.7 Å². The van der Waals surface area contributed by atoms with Gasteiger partial charge in [0.2, 0.25) is 0 Å². The molecule has 2 N–H and O–H groups in total. The molecule has 1 unspecified atom stereocenters. The van der Waals surface area contributed by atoms with Crippen LogP contribution in [-0.2, 0) is 17.8 Å². The molecule has 7 heteroatoms. The molecule has 5 nitrogen and oxygen atoms in total. The van der Waals surface area contributed by atoms with Gasteiger partial charge in [-0.05, 0) is 54.5 Å². The number of aryl methyl sites for hydroxylation is 1. The second kappa shape index (κ2) is 12.7. The largest absolute Gasteiger partial charge is 0.508 e. The number of allylic oxidation sites excluding steroid dienone is 3. The summed E-state index contributed by atoms with van der Waals surface area (Å²) in [5, 5.41) is 14.7. The Hall–Kier alpha value is -3.35. The summed E-state index contributed by atoms with van der Waals surface area (Å²) in [6, 6.07) is 21.7. The number of nitrogens with zero attached hydrogens (tertiary/aromatic N) is 2. The number of thioether (sulfide) groups is 1. The van der Waals surface area contributed by atoms with E-state index in [-0.39, 0.29) is 11.0 Å². The third-order valence-electron chi connectivity index (χ3n) is 6.05. The SMILES string of the molecule is CNc1cc(N=C(SC2C=CC=C(OC)C2)N(Cc2ccc(C)cc2)Cc2ccc(O)cc2)ccc1Cl. The summed E-state index contributed by atoms with van der Waals surface area (Å²) < 4.78 is 5.54. The summed E-state index contributed by atoms with van der Waals surface area (Å²) in [5.41, 5.74) is 5.16. The molecule has 0 spiro atoms. The number of anilines is 1. The lowest BCUT2D eigenvalue weighted by molar-refractivity contribution is 0.277. The fourth-order valence-corrected chi connectivity index (χ4v) is 5.31. The van der Waals surface area contributed by atoms with E-state index in [0.717, 1.165) is 34.3 Å². The zero-order chi connectivity index (χ0) is 26.2. The van der Waals surface area contributed by atoms with Crippen LogP contribution in [0.25, 0.3) is 0 Å². The van der Waals surface area contributed by atoms with Crippen molar-refractivity contribution in [2.75, 3.05) is 19.5 Å². The molecule has 0 bridgehead atoms. The van der Waals surface area contributed by atoms with Crippen molar-refractivity contribution < 1.29 is 9.84 Å². The number of hydrogen-bond acceptors (Lipinski definition) is 5. The molecule has 0 saturated heterocycles. The van der Waals surface area contributed by atoms with Gasteiger partial charge in [0.15, 0.2) is 5.17 Å². The van der Waals surface area contributed by atoms with Crippen LogP contribution in [0.3, 0.4) is 0 Å². The van der Waals surface area contributed by atoms with E-state index >= 15 is 0 Å². The number of halogens is 1. The van der Waals surface area contributed by atoms with Crippen molar-refractivity contribution in [3.8, 4) is 5.75 Å². The Balaban J connectivity index is 1.73. The second-order valence-corrected chi connectivity index (χ2v) is 10.5. The van der Waals surface area contributed by atoms with Crippen molar-refractivity contribution in [3.63, 3.8) is 0 Å². The van der Waals surface area contributed by atoms with Gasteiger partial charge in [-0.1, -0.05) is 77.5 Å². The zero-order valence-corrected chi connectivity index (χ0v) is 22.9. The molecule has 3 aromatic rings. The number of aliphatic imine (C=N–C) groups is 1. The Morgan fingerprint density at radius 3 is 2.41 bits per heavy atom. The summed E-state index contributed by atoms with van der Waals surface area (Å²) in [6.45, 7) is 3.41. The number of benzene rings is 3. The first-order chi connectivity index (χ1) is 17.9. The fraction of sp³-hybridized carbons (Fsp3) is 0.233. The standard InChI is InChI=1S/C30H32ClN3O2S/c1-21-7-9-22(10-8-21)19-34(20-23-11-14-25(35)15-12-23)30(37-27-6-4-5-26(18-27)36-3)33-24-13-16-28(31)29(17-24)32-2/h4-17,27,32,35H,18-20H2,1-3H3. The van der Waals surface area contributed by atoms with Crippen LogP contribution in [-0.4, -0.2) is 34.6 Å². The third kappa shape index (κ3) is 7.57. The molecule has 37 heavy (non-hydrogen) atoms. The maximum Gasteiger partial charge on any atom is 0.165 e. The second-order valence-electron chi connectivity index (χ2n) is 8.90. The molecule has 0 heterocycles. The van der Waals surface area contributed by atoms with Gasteiger partial charge >= 0.3 is 0 Å². The summed E-state index contributed by atoms with van der Waals surface area (Å²) in [6.07, 6.45) is 7.03. The van der Waals surface area contributed by atoms with Crippen LogP contribution < -0.4 is 5.32 Å². The van der Waals surface area contributed by atoms with E-state index in [1.807, 2.05) is 49.5 Å².